The Balaban J connectivity index is 2.03. The molecule has 126 valence electrons. The van der Waals surface area contributed by atoms with Crippen molar-refractivity contribution in [3.8, 4) is 17.4 Å². The standard InChI is InChI=1S/C18H19ClN2O3/c1-12(21-13(2)22)4-5-14-6-7-18(20-11-14)24-17-9-15(19)8-16(10-17)23-3/h4-12H,1-3H3,(H,21,22)/t12-/m0/s1. The van der Waals surface area contributed by atoms with Gasteiger partial charge in [-0.25, -0.2) is 4.98 Å². The highest BCUT2D eigenvalue weighted by atomic mass is 35.5. The topological polar surface area (TPSA) is 60.5 Å². The molecule has 2 aromatic rings. The molecule has 2 rings (SSSR count). The van der Waals surface area contributed by atoms with Crippen LogP contribution in [0, 0.1) is 0 Å². The predicted molar refractivity (Wildman–Crippen MR) is 94.6 cm³/mol. The second kappa shape index (κ2) is 8.36. The number of methoxy groups -OCH3 is 1. The van der Waals surface area contributed by atoms with E-state index in [1.807, 2.05) is 25.1 Å². The van der Waals surface area contributed by atoms with E-state index in [2.05, 4.69) is 10.3 Å². The van der Waals surface area contributed by atoms with Crippen LogP contribution >= 0.6 is 11.6 Å². The van der Waals surface area contributed by atoms with Crippen LogP contribution in [0.15, 0.2) is 42.6 Å². The average Bonchev–Trinajstić information content (AvgIpc) is 2.53. The Kier molecular flexibility index (Phi) is 6.21. The quantitative estimate of drug-likeness (QED) is 0.856. The summed E-state index contributed by atoms with van der Waals surface area (Å²) < 4.78 is 10.8. The highest BCUT2D eigenvalue weighted by Crippen LogP contribution is 2.28. The van der Waals surface area contributed by atoms with E-state index in [9.17, 15) is 4.79 Å². The first-order chi connectivity index (χ1) is 11.5. The molecule has 1 aromatic carbocycles. The number of pyridine rings is 1. The van der Waals surface area contributed by atoms with Crippen LogP contribution in [-0.4, -0.2) is 24.0 Å². The zero-order valence-electron chi connectivity index (χ0n) is 13.7. The Morgan fingerprint density at radius 2 is 2.04 bits per heavy atom. The Morgan fingerprint density at radius 3 is 2.67 bits per heavy atom. The zero-order valence-corrected chi connectivity index (χ0v) is 14.5. The van der Waals surface area contributed by atoms with E-state index in [0.717, 1.165) is 5.56 Å². The highest BCUT2D eigenvalue weighted by molar-refractivity contribution is 6.30. The molecular weight excluding hydrogens is 328 g/mol. The first-order valence-corrected chi connectivity index (χ1v) is 7.78. The van der Waals surface area contributed by atoms with Crippen LogP contribution in [0.5, 0.6) is 17.4 Å². The van der Waals surface area contributed by atoms with E-state index in [4.69, 9.17) is 21.1 Å². The maximum absolute atomic E-state index is 11.0. The summed E-state index contributed by atoms with van der Waals surface area (Å²) in [7, 11) is 1.57. The van der Waals surface area contributed by atoms with Gasteiger partial charge in [-0.05, 0) is 30.7 Å². The van der Waals surface area contributed by atoms with Gasteiger partial charge in [-0.3, -0.25) is 4.79 Å². The van der Waals surface area contributed by atoms with Gasteiger partial charge < -0.3 is 14.8 Å². The predicted octanol–water partition coefficient (Wildman–Crippen LogP) is 4.07. The second-order valence-corrected chi connectivity index (χ2v) is 5.64. The first-order valence-electron chi connectivity index (χ1n) is 7.40. The van der Waals surface area contributed by atoms with Gasteiger partial charge in [0, 0.05) is 36.3 Å². The van der Waals surface area contributed by atoms with Gasteiger partial charge in [0.1, 0.15) is 11.5 Å². The normalized spacial score (nSPS) is 12.0. The molecule has 1 amide bonds. The molecule has 1 aromatic heterocycles. The fourth-order valence-electron chi connectivity index (χ4n) is 2.01. The van der Waals surface area contributed by atoms with Gasteiger partial charge in [0.25, 0.3) is 0 Å². The molecule has 0 fully saturated rings. The molecule has 1 heterocycles. The van der Waals surface area contributed by atoms with E-state index in [0.29, 0.717) is 22.4 Å². The van der Waals surface area contributed by atoms with Crippen molar-refractivity contribution in [3.05, 3.63) is 53.2 Å². The molecular formula is C18H19ClN2O3. The van der Waals surface area contributed by atoms with Gasteiger partial charge in [-0.2, -0.15) is 0 Å². The highest BCUT2D eigenvalue weighted by Gasteiger charge is 2.04. The fraction of sp³-hybridized carbons (Fsp3) is 0.222. The Morgan fingerprint density at radius 1 is 1.29 bits per heavy atom. The lowest BCUT2D eigenvalue weighted by Crippen LogP contribution is -2.28. The molecule has 6 heteroatoms. The molecule has 0 bridgehead atoms. The zero-order chi connectivity index (χ0) is 17.5. The summed E-state index contributed by atoms with van der Waals surface area (Å²) in [5.74, 6) is 1.55. The third-order valence-corrected chi connectivity index (χ3v) is 3.29. The van der Waals surface area contributed by atoms with E-state index in [-0.39, 0.29) is 11.9 Å². The number of halogens is 1. The number of nitrogens with one attached hydrogen (secondary N) is 1. The maximum Gasteiger partial charge on any atom is 0.219 e. The molecule has 0 radical (unpaired) electrons. The lowest BCUT2D eigenvalue weighted by Gasteiger charge is -2.08. The summed E-state index contributed by atoms with van der Waals surface area (Å²) in [5, 5.41) is 3.30. The van der Waals surface area contributed by atoms with Crippen LogP contribution in [0.1, 0.15) is 19.4 Å². The molecule has 0 spiro atoms. The van der Waals surface area contributed by atoms with Crippen molar-refractivity contribution in [1.82, 2.24) is 10.3 Å². The van der Waals surface area contributed by atoms with Gasteiger partial charge in [0.15, 0.2) is 0 Å². The van der Waals surface area contributed by atoms with Crippen LogP contribution in [0.4, 0.5) is 0 Å². The van der Waals surface area contributed by atoms with Crippen LogP contribution in [0.3, 0.4) is 0 Å². The number of rotatable bonds is 6. The van der Waals surface area contributed by atoms with Gasteiger partial charge in [0.05, 0.1) is 7.11 Å². The third kappa shape index (κ3) is 5.59. The number of ether oxygens (including phenoxy) is 2. The van der Waals surface area contributed by atoms with Crippen molar-refractivity contribution in [2.45, 2.75) is 19.9 Å². The summed E-state index contributed by atoms with van der Waals surface area (Å²) in [6.45, 7) is 3.39. The molecule has 1 N–H and O–H groups in total. The van der Waals surface area contributed by atoms with E-state index in [1.165, 1.54) is 6.92 Å². The number of hydrogen-bond acceptors (Lipinski definition) is 4. The Hall–Kier alpha value is -2.53. The number of benzene rings is 1. The lowest BCUT2D eigenvalue weighted by molar-refractivity contribution is -0.119. The average molecular weight is 347 g/mol. The number of nitrogens with zero attached hydrogens (tertiary/aromatic N) is 1. The van der Waals surface area contributed by atoms with Gasteiger partial charge in [-0.1, -0.05) is 23.8 Å². The monoisotopic (exact) mass is 346 g/mol. The molecule has 0 aliphatic rings. The smallest absolute Gasteiger partial charge is 0.219 e. The molecule has 0 unspecified atom stereocenters. The molecule has 1 atom stereocenters. The van der Waals surface area contributed by atoms with E-state index in [1.54, 1.807) is 37.6 Å². The molecule has 0 aliphatic heterocycles. The summed E-state index contributed by atoms with van der Waals surface area (Å²) >= 11 is 6.01. The maximum atomic E-state index is 11.0. The van der Waals surface area contributed by atoms with Crippen molar-refractivity contribution < 1.29 is 14.3 Å². The van der Waals surface area contributed by atoms with E-state index >= 15 is 0 Å². The van der Waals surface area contributed by atoms with Crippen LogP contribution in [-0.2, 0) is 4.79 Å². The molecule has 5 nitrogen and oxygen atoms in total. The van der Waals surface area contributed by atoms with Crippen molar-refractivity contribution >= 4 is 23.6 Å². The van der Waals surface area contributed by atoms with E-state index < -0.39 is 0 Å². The lowest BCUT2D eigenvalue weighted by atomic mass is 10.2. The fourth-order valence-corrected chi connectivity index (χ4v) is 2.22. The Labute approximate surface area is 146 Å². The second-order valence-electron chi connectivity index (χ2n) is 5.21. The van der Waals surface area contributed by atoms with Crippen molar-refractivity contribution in [1.29, 1.82) is 0 Å². The van der Waals surface area contributed by atoms with Gasteiger partial charge in [0.2, 0.25) is 11.8 Å². The van der Waals surface area contributed by atoms with Crippen LogP contribution in [0.2, 0.25) is 5.02 Å². The van der Waals surface area contributed by atoms with Gasteiger partial charge in [-0.15, -0.1) is 0 Å². The largest absolute Gasteiger partial charge is 0.497 e. The summed E-state index contributed by atoms with van der Waals surface area (Å²) in [6.07, 6.45) is 5.47. The molecule has 0 saturated heterocycles. The SMILES string of the molecule is COc1cc(Cl)cc(Oc2ccc(C=C[C@H](C)NC(C)=O)cn2)c1. The minimum atomic E-state index is -0.0639. The number of amides is 1. The van der Waals surface area contributed by atoms with Crippen molar-refractivity contribution in [3.63, 3.8) is 0 Å². The number of hydrogen-bond donors (Lipinski definition) is 1. The third-order valence-electron chi connectivity index (χ3n) is 3.07. The number of aromatic nitrogens is 1. The summed E-state index contributed by atoms with van der Waals surface area (Å²) in [4.78, 5) is 15.2. The number of carbonyl (C=O) groups is 1. The summed E-state index contributed by atoms with van der Waals surface area (Å²) in [5.41, 5.74) is 0.906. The molecule has 0 saturated carbocycles. The van der Waals surface area contributed by atoms with Crippen molar-refractivity contribution in [2.75, 3.05) is 7.11 Å². The van der Waals surface area contributed by atoms with Crippen LogP contribution < -0.4 is 14.8 Å². The van der Waals surface area contributed by atoms with Crippen molar-refractivity contribution in [2.24, 2.45) is 0 Å². The minimum Gasteiger partial charge on any atom is -0.497 e. The molecule has 24 heavy (non-hydrogen) atoms. The summed E-state index contributed by atoms with van der Waals surface area (Å²) in [6, 6.07) is 8.71. The minimum absolute atomic E-state index is 0.0441. The Bertz CT molecular complexity index is 730. The number of carbonyl (C=O) groups excluding carboxylic acids is 1. The first kappa shape index (κ1) is 17.8. The van der Waals surface area contributed by atoms with Crippen LogP contribution in [0.25, 0.3) is 6.08 Å². The molecule has 0 aliphatic carbocycles. The van der Waals surface area contributed by atoms with Gasteiger partial charge >= 0.3 is 0 Å².